The van der Waals surface area contributed by atoms with Crippen molar-refractivity contribution in [2.45, 2.75) is 13.0 Å². The highest BCUT2D eigenvalue weighted by molar-refractivity contribution is 6.31. The summed E-state index contributed by atoms with van der Waals surface area (Å²) in [6.45, 7) is 1.96. The van der Waals surface area contributed by atoms with Crippen LogP contribution in [0.2, 0.25) is 5.02 Å². The maximum atomic E-state index is 5.98. The number of nitrogens with one attached hydrogen (secondary N) is 1. The van der Waals surface area contributed by atoms with Gasteiger partial charge < -0.3 is 4.42 Å². The second-order valence-electron chi connectivity index (χ2n) is 3.62. The number of hydrogen-bond donors (Lipinski definition) is 2. The molecule has 0 radical (unpaired) electrons. The van der Waals surface area contributed by atoms with Gasteiger partial charge in [0.05, 0.1) is 6.26 Å². The molecule has 0 saturated heterocycles. The molecule has 3 nitrogen and oxygen atoms in total. The highest BCUT2D eigenvalue weighted by atomic mass is 35.5. The van der Waals surface area contributed by atoms with Crippen molar-refractivity contribution >= 4 is 11.6 Å². The van der Waals surface area contributed by atoms with Crippen LogP contribution in [0, 0.1) is 6.92 Å². The zero-order chi connectivity index (χ0) is 11.5. The van der Waals surface area contributed by atoms with Crippen molar-refractivity contribution < 1.29 is 4.42 Å². The first-order valence-corrected chi connectivity index (χ1v) is 5.35. The number of benzene rings is 1. The number of hydrazine groups is 1. The summed E-state index contributed by atoms with van der Waals surface area (Å²) in [5, 5.41) is 0.749. The van der Waals surface area contributed by atoms with E-state index in [1.54, 1.807) is 6.26 Å². The molecule has 2 rings (SSSR count). The number of hydrogen-bond acceptors (Lipinski definition) is 3. The number of furan rings is 1. The van der Waals surface area contributed by atoms with Crippen LogP contribution in [0.15, 0.2) is 41.0 Å². The lowest BCUT2D eigenvalue weighted by Crippen LogP contribution is -2.28. The molecule has 4 heteroatoms. The zero-order valence-corrected chi connectivity index (χ0v) is 9.66. The minimum Gasteiger partial charge on any atom is -0.467 e. The van der Waals surface area contributed by atoms with Crippen LogP contribution in [0.3, 0.4) is 0 Å². The summed E-state index contributed by atoms with van der Waals surface area (Å²) in [7, 11) is 0. The average Bonchev–Trinajstić information content (AvgIpc) is 2.78. The third-order valence-electron chi connectivity index (χ3n) is 2.51. The summed E-state index contributed by atoms with van der Waals surface area (Å²) in [4.78, 5) is 0. The Morgan fingerprint density at radius 2 is 2.19 bits per heavy atom. The molecule has 1 aromatic heterocycles. The van der Waals surface area contributed by atoms with Gasteiger partial charge in [0.1, 0.15) is 11.8 Å². The van der Waals surface area contributed by atoms with Crippen molar-refractivity contribution in [1.29, 1.82) is 0 Å². The van der Waals surface area contributed by atoms with Gasteiger partial charge in [-0.15, -0.1) is 0 Å². The van der Waals surface area contributed by atoms with Gasteiger partial charge in [-0.3, -0.25) is 5.84 Å². The van der Waals surface area contributed by atoms with Gasteiger partial charge in [-0.05, 0) is 36.2 Å². The SMILES string of the molecule is Cc1cc(C(NN)c2ccco2)ccc1Cl. The lowest BCUT2D eigenvalue weighted by atomic mass is 10.0. The summed E-state index contributed by atoms with van der Waals surface area (Å²) in [6, 6.07) is 9.36. The van der Waals surface area contributed by atoms with Crippen molar-refractivity contribution in [1.82, 2.24) is 5.43 Å². The minimum atomic E-state index is -0.147. The Balaban J connectivity index is 2.37. The van der Waals surface area contributed by atoms with Crippen LogP contribution < -0.4 is 11.3 Å². The van der Waals surface area contributed by atoms with Gasteiger partial charge in [-0.2, -0.15) is 0 Å². The molecule has 1 unspecified atom stereocenters. The van der Waals surface area contributed by atoms with Gasteiger partial charge in [0.25, 0.3) is 0 Å². The van der Waals surface area contributed by atoms with Crippen LogP contribution >= 0.6 is 11.6 Å². The molecule has 3 N–H and O–H groups in total. The van der Waals surface area contributed by atoms with Gasteiger partial charge in [0.15, 0.2) is 0 Å². The number of rotatable bonds is 3. The number of aryl methyl sites for hydroxylation is 1. The summed E-state index contributed by atoms with van der Waals surface area (Å²) in [5.41, 5.74) is 4.78. The molecule has 0 aliphatic heterocycles. The van der Waals surface area contributed by atoms with Gasteiger partial charge in [0, 0.05) is 5.02 Å². The molecular weight excluding hydrogens is 224 g/mol. The van der Waals surface area contributed by atoms with Crippen LogP contribution in [0.1, 0.15) is 22.9 Å². The fourth-order valence-corrected chi connectivity index (χ4v) is 1.76. The lowest BCUT2D eigenvalue weighted by Gasteiger charge is -2.14. The van der Waals surface area contributed by atoms with Gasteiger partial charge in [0.2, 0.25) is 0 Å². The van der Waals surface area contributed by atoms with Crippen molar-refractivity contribution in [3.05, 3.63) is 58.5 Å². The van der Waals surface area contributed by atoms with Crippen LogP contribution in [-0.4, -0.2) is 0 Å². The third kappa shape index (κ3) is 2.11. The van der Waals surface area contributed by atoms with Crippen molar-refractivity contribution in [3.8, 4) is 0 Å². The molecule has 0 aliphatic carbocycles. The molecule has 84 valence electrons. The summed E-state index contributed by atoms with van der Waals surface area (Å²) in [6.07, 6.45) is 1.63. The lowest BCUT2D eigenvalue weighted by molar-refractivity contribution is 0.452. The first-order chi connectivity index (χ1) is 7.72. The van der Waals surface area contributed by atoms with Crippen LogP contribution in [-0.2, 0) is 0 Å². The molecule has 2 aromatic rings. The quantitative estimate of drug-likeness (QED) is 0.637. The normalized spacial score (nSPS) is 12.7. The van der Waals surface area contributed by atoms with E-state index >= 15 is 0 Å². The highest BCUT2D eigenvalue weighted by Gasteiger charge is 2.15. The van der Waals surface area contributed by atoms with E-state index in [-0.39, 0.29) is 6.04 Å². The average molecular weight is 237 g/mol. The fraction of sp³-hybridized carbons (Fsp3) is 0.167. The number of nitrogens with two attached hydrogens (primary N) is 1. The summed E-state index contributed by atoms with van der Waals surface area (Å²) in [5.74, 6) is 6.32. The van der Waals surface area contributed by atoms with E-state index in [0.29, 0.717) is 0 Å². The standard InChI is InChI=1S/C12H13ClN2O/c1-8-7-9(4-5-10(8)13)12(15-14)11-3-2-6-16-11/h2-7,12,15H,14H2,1H3. The molecule has 1 heterocycles. The molecule has 1 aromatic carbocycles. The van der Waals surface area contributed by atoms with Crippen LogP contribution in [0.4, 0.5) is 0 Å². The van der Waals surface area contributed by atoms with E-state index in [0.717, 1.165) is 21.9 Å². The van der Waals surface area contributed by atoms with Gasteiger partial charge >= 0.3 is 0 Å². The molecule has 1 atom stereocenters. The van der Waals surface area contributed by atoms with E-state index < -0.39 is 0 Å². The Bertz CT molecular complexity index is 468. The van der Waals surface area contributed by atoms with Crippen molar-refractivity contribution in [3.63, 3.8) is 0 Å². The zero-order valence-electron chi connectivity index (χ0n) is 8.91. The molecule has 0 bridgehead atoms. The third-order valence-corrected chi connectivity index (χ3v) is 2.93. The minimum absolute atomic E-state index is 0.147. The smallest absolute Gasteiger partial charge is 0.126 e. The fourth-order valence-electron chi connectivity index (χ4n) is 1.65. The predicted molar refractivity (Wildman–Crippen MR) is 64.1 cm³/mol. The summed E-state index contributed by atoms with van der Waals surface area (Å²) >= 11 is 5.98. The molecule has 0 saturated carbocycles. The van der Waals surface area contributed by atoms with Crippen LogP contribution in [0.5, 0.6) is 0 Å². The molecule has 16 heavy (non-hydrogen) atoms. The maximum absolute atomic E-state index is 5.98. The van der Waals surface area contributed by atoms with E-state index in [1.165, 1.54) is 0 Å². The first kappa shape index (κ1) is 11.2. The van der Waals surface area contributed by atoms with Gasteiger partial charge in [-0.25, -0.2) is 5.43 Å². The maximum Gasteiger partial charge on any atom is 0.126 e. The molecule has 0 fully saturated rings. The largest absolute Gasteiger partial charge is 0.467 e. The van der Waals surface area contributed by atoms with Crippen molar-refractivity contribution in [2.75, 3.05) is 0 Å². The molecule has 0 amide bonds. The Hall–Kier alpha value is -1.29. The Morgan fingerprint density at radius 3 is 2.75 bits per heavy atom. The van der Waals surface area contributed by atoms with E-state index in [1.807, 2.05) is 37.3 Å². The van der Waals surface area contributed by atoms with E-state index in [2.05, 4.69) is 5.43 Å². The Morgan fingerprint density at radius 1 is 1.38 bits per heavy atom. The number of halogens is 1. The second-order valence-corrected chi connectivity index (χ2v) is 4.03. The van der Waals surface area contributed by atoms with Crippen molar-refractivity contribution in [2.24, 2.45) is 5.84 Å². The monoisotopic (exact) mass is 236 g/mol. The molecule has 0 aliphatic rings. The molecule has 0 spiro atoms. The topological polar surface area (TPSA) is 51.2 Å². The predicted octanol–water partition coefficient (Wildman–Crippen LogP) is 2.79. The van der Waals surface area contributed by atoms with E-state index in [9.17, 15) is 0 Å². The van der Waals surface area contributed by atoms with Gasteiger partial charge in [-0.1, -0.05) is 23.7 Å². The first-order valence-electron chi connectivity index (χ1n) is 4.98. The Labute approximate surface area is 99.2 Å². The Kier molecular flexibility index (Phi) is 3.29. The second kappa shape index (κ2) is 4.70. The molecular formula is C12H13ClN2O. The summed E-state index contributed by atoms with van der Waals surface area (Å²) < 4.78 is 5.34. The van der Waals surface area contributed by atoms with E-state index in [4.69, 9.17) is 21.9 Å². The van der Waals surface area contributed by atoms with Crippen LogP contribution in [0.25, 0.3) is 0 Å². The highest BCUT2D eigenvalue weighted by Crippen LogP contribution is 2.25.